The van der Waals surface area contributed by atoms with Crippen LogP contribution in [0.15, 0.2) is 54.6 Å². The van der Waals surface area contributed by atoms with Crippen molar-refractivity contribution >= 4 is 36.1 Å². The molecule has 1 fully saturated rings. The van der Waals surface area contributed by atoms with E-state index in [1.165, 1.54) is 7.11 Å². The van der Waals surface area contributed by atoms with Gasteiger partial charge in [-0.05, 0) is 55.4 Å². The second-order valence-corrected chi connectivity index (χ2v) is 11.0. The van der Waals surface area contributed by atoms with Crippen molar-refractivity contribution in [2.75, 3.05) is 33.9 Å². The van der Waals surface area contributed by atoms with Crippen molar-refractivity contribution in [2.45, 2.75) is 76.1 Å². The number of ether oxygens (including phenoxy) is 2. The zero-order valence-electron chi connectivity index (χ0n) is 26.2. The Kier molecular flexibility index (Phi) is 17.0. The van der Waals surface area contributed by atoms with Crippen LogP contribution in [0.4, 0.5) is 0 Å². The van der Waals surface area contributed by atoms with Crippen molar-refractivity contribution in [3.63, 3.8) is 0 Å². The van der Waals surface area contributed by atoms with Crippen molar-refractivity contribution in [1.29, 1.82) is 0 Å². The average molecular weight is 647 g/mol. The molecule has 0 unspecified atom stereocenters. The van der Waals surface area contributed by atoms with E-state index in [0.717, 1.165) is 36.1 Å². The number of hydrogen-bond acceptors (Lipinski definition) is 8. The zero-order chi connectivity index (χ0) is 31.7. The smallest absolute Gasteiger partial charge is 0.306 e. The fourth-order valence-electron chi connectivity index (χ4n) is 5.15. The summed E-state index contributed by atoms with van der Waals surface area (Å²) in [7, 11) is 2.85. The second kappa shape index (κ2) is 20.4. The fraction of sp³-hybridized carbons (Fsp3) is 0.515. The standard InChI is InChI=1S/C33H46N4O7.ClH/c1-43-26-13-9-12-25(20-26)22-34-23-29(38)28(21-24-10-5-3-6-11-24)36-33(42)27(35-30(39)15-17-32(41)44-2)14-16-31(40)37-18-7-4-8-19-37;/h3,5-6,9-13,20,27-29,34,38H,4,7-8,14-19,21-23H2,1-2H3,(H,35,39)(H,36,42);1H/t27-,28-,29+;/m0./s1. The predicted octanol–water partition coefficient (Wildman–Crippen LogP) is 2.53. The highest BCUT2D eigenvalue weighted by atomic mass is 35.5. The van der Waals surface area contributed by atoms with Crippen LogP contribution in [0.5, 0.6) is 5.75 Å². The number of benzene rings is 2. The van der Waals surface area contributed by atoms with E-state index in [-0.39, 0.29) is 50.5 Å². The maximum atomic E-state index is 13.6. The number of aliphatic hydroxyl groups is 1. The number of halogens is 1. The van der Waals surface area contributed by atoms with Crippen LogP contribution in [0.25, 0.3) is 0 Å². The first kappa shape index (κ1) is 37.5. The molecule has 1 heterocycles. The maximum Gasteiger partial charge on any atom is 0.306 e. The number of nitrogens with zero attached hydrogens (tertiary/aromatic N) is 1. The second-order valence-electron chi connectivity index (χ2n) is 11.0. The average Bonchev–Trinajstić information content (AvgIpc) is 3.05. The molecule has 45 heavy (non-hydrogen) atoms. The first-order valence-corrected chi connectivity index (χ1v) is 15.3. The number of nitrogens with one attached hydrogen (secondary N) is 3. The van der Waals surface area contributed by atoms with E-state index in [1.54, 1.807) is 12.0 Å². The third-order valence-corrected chi connectivity index (χ3v) is 7.70. The van der Waals surface area contributed by atoms with Crippen LogP contribution in [0.3, 0.4) is 0 Å². The van der Waals surface area contributed by atoms with Gasteiger partial charge in [0.05, 0.1) is 32.8 Å². The molecule has 1 aliphatic rings. The molecule has 3 amide bonds. The summed E-state index contributed by atoms with van der Waals surface area (Å²) in [4.78, 5) is 52.6. The Morgan fingerprint density at radius 1 is 0.889 bits per heavy atom. The van der Waals surface area contributed by atoms with Gasteiger partial charge >= 0.3 is 5.97 Å². The molecule has 3 atom stereocenters. The first-order chi connectivity index (χ1) is 21.3. The molecule has 3 rings (SSSR count). The third kappa shape index (κ3) is 13.5. The summed E-state index contributed by atoms with van der Waals surface area (Å²) in [6, 6.07) is 15.4. The highest BCUT2D eigenvalue weighted by molar-refractivity contribution is 5.89. The molecule has 0 bridgehead atoms. The molecule has 0 aromatic heterocycles. The number of esters is 1. The Bertz CT molecular complexity index is 1210. The molecule has 2 aromatic rings. The Balaban J connectivity index is 0.00000705. The molecule has 0 saturated carbocycles. The lowest BCUT2D eigenvalue weighted by Crippen LogP contribution is -2.55. The van der Waals surface area contributed by atoms with Gasteiger partial charge in [-0.2, -0.15) is 0 Å². The fourth-order valence-corrected chi connectivity index (χ4v) is 5.15. The Labute approximate surface area is 271 Å². The normalized spacial score (nSPS) is 14.7. The van der Waals surface area contributed by atoms with Crippen molar-refractivity contribution in [1.82, 2.24) is 20.9 Å². The Hall–Kier alpha value is -3.67. The Morgan fingerprint density at radius 3 is 2.29 bits per heavy atom. The van der Waals surface area contributed by atoms with Crippen LogP contribution in [-0.4, -0.2) is 85.7 Å². The lowest BCUT2D eigenvalue weighted by molar-refractivity contribution is -0.142. The number of carbonyl (C=O) groups excluding carboxylic acids is 4. The molecule has 11 nitrogen and oxygen atoms in total. The molecule has 248 valence electrons. The molecule has 0 spiro atoms. The van der Waals surface area contributed by atoms with Crippen molar-refractivity contribution in [3.05, 3.63) is 65.7 Å². The number of hydrogen-bond donors (Lipinski definition) is 4. The quantitative estimate of drug-likeness (QED) is 0.192. The summed E-state index contributed by atoms with van der Waals surface area (Å²) in [5, 5.41) is 20.1. The maximum absolute atomic E-state index is 13.6. The lowest BCUT2D eigenvalue weighted by Gasteiger charge is -2.29. The summed E-state index contributed by atoms with van der Waals surface area (Å²) >= 11 is 0. The molecule has 2 aromatic carbocycles. The van der Waals surface area contributed by atoms with Crippen LogP contribution in [0.2, 0.25) is 0 Å². The van der Waals surface area contributed by atoms with Gasteiger partial charge in [0, 0.05) is 39.0 Å². The molecule has 0 aliphatic carbocycles. The highest BCUT2D eigenvalue weighted by Gasteiger charge is 2.28. The van der Waals surface area contributed by atoms with Gasteiger partial charge in [0.25, 0.3) is 0 Å². The van der Waals surface area contributed by atoms with Crippen LogP contribution < -0.4 is 20.7 Å². The number of piperidine rings is 1. The number of rotatable bonds is 17. The van der Waals surface area contributed by atoms with Gasteiger partial charge in [-0.1, -0.05) is 42.5 Å². The van der Waals surface area contributed by atoms with E-state index < -0.39 is 36.0 Å². The molecule has 1 aliphatic heterocycles. The molecule has 12 heteroatoms. The van der Waals surface area contributed by atoms with Crippen molar-refractivity contribution in [2.24, 2.45) is 0 Å². The van der Waals surface area contributed by atoms with Gasteiger partial charge in [0.1, 0.15) is 11.8 Å². The van der Waals surface area contributed by atoms with Crippen LogP contribution >= 0.6 is 12.4 Å². The molecule has 4 N–H and O–H groups in total. The minimum atomic E-state index is -1.02. The summed E-state index contributed by atoms with van der Waals surface area (Å²) in [5.41, 5.74) is 1.90. The lowest BCUT2D eigenvalue weighted by atomic mass is 9.99. The van der Waals surface area contributed by atoms with E-state index in [9.17, 15) is 24.3 Å². The zero-order valence-corrected chi connectivity index (χ0v) is 27.0. The SMILES string of the molecule is COC(=O)CCC(=O)N[C@@H](CCC(=O)N1CCCCC1)C(=O)N[C@@H](Cc1ccccc1)[C@H](O)CNCc1cccc(OC)c1.Cl. The number of carbonyl (C=O) groups is 4. The van der Waals surface area contributed by atoms with Gasteiger partial charge in [-0.25, -0.2) is 0 Å². The largest absolute Gasteiger partial charge is 0.497 e. The summed E-state index contributed by atoms with van der Waals surface area (Å²) in [6.07, 6.45) is 2.27. The minimum absolute atomic E-state index is 0. The third-order valence-electron chi connectivity index (χ3n) is 7.70. The first-order valence-electron chi connectivity index (χ1n) is 15.3. The van der Waals surface area contributed by atoms with Gasteiger partial charge in [0.2, 0.25) is 17.7 Å². The predicted molar refractivity (Wildman–Crippen MR) is 173 cm³/mol. The topological polar surface area (TPSA) is 146 Å². The number of aliphatic hydroxyl groups excluding tert-OH is 1. The van der Waals surface area contributed by atoms with E-state index in [4.69, 9.17) is 4.74 Å². The van der Waals surface area contributed by atoms with E-state index in [1.807, 2.05) is 54.6 Å². The minimum Gasteiger partial charge on any atom is -0.497 e. The summed E-state index contributed by atoms with van der Waals surface area (Å²) < 4.78 is 9.90. The molecule has 1 saturated heterocycles. The van der Waals surface area contributed by atoms with E-state index in [2.05, 4.69) is 20.7 Å². The monoisotopic (exact) mass is 646 g/mol. The number of amides is 3. The van der Waals surface area contributed by atoms with Crippen LogP contribution in [0.1, 0.15) is 56.1 Å². The van der Waals surface area contributed by atoms with Gasteiger partial charge in [-0.15, -0.1) is 12.4 Å². The van der Waals surface area contributed by atoms with E-state index >= 15 is 0 Å². The number of methoxy groups -OCH3 is 2. The van der Waals surface area contributed by atoms with Gasteiger partial charge < -0.3 is 35.4 Å². The summed E-state index contributed by atoms with van der Waals surface area (Å²) in [6.45, 7) is 2.06. The van der Waals surface area contributed by atoms with Gasteiger partial charge in [-0.3, -0.25) is 19.2 Å². The van der Waals surface area contributed by atoms with E-state index in [0.29, 0.717) is 26.1 Å². The van der Waals surface area contributed by atoms with Crippen molar-refractivity contribution < 1.29 is 33.8 Å². The highest BCUT2D eigenvalue weighted by Crippen LogP contribution is 2.14. The number of likely N-dealkylation sites (tertiary alicyclic amines) is 1. The van der Waals surface area contributed by atoms with Crippen molar-refractivity contribution in [3.8, 4) is 5.75 Å². The molecular formula is C33H47ClN4O7. The molecular weight excluding hydrogens is 600 g/mol. The van der Waals surface area contributed by atoms with Crippen LogP contribution in [0, 0.1) is 0 Å². The van der Waals surface area contributed by atoms with Gasteiger partial charge in [0.15, 0.2) is 0 Å². The summed E-state index contributed by atoms with van der Waals surface area (Å²) in [5.74, 6) is -0.864. The Morgan fingerprint density at radius 2 is 1.60 bits per heavy atom. The molecule has 0 radical (unpaired) electrons. The van der Waals surface area contributed by atoms with Crippen LogP contribution in [-0.2, 0) is 36.9 Å².